The fourth-order valence-electron chi connectivity index (χ4n) is 1.99. The number of anilines is 1. The summed E-state index contributed by atoms with van der Waals surface area (Å²) in [5.41, 5.74) is 1.70. The summed E-state index contributed by atoms with van der Waals surface area (Å²) in [7, 11) is 0. The molecule has 3 rings (SSSR count). The quantitative estimate of drug-likeness (QED) is 0.849. The lowest BCUT2D eigenvalue weighted by atomic mass is 10.2. The maximum Gasteiger partial charge on any atom is 0.237 e. The minimum absolute atomic E-state index is 0.0966. The van der Waals surface area contributed by atoms with Gasteiger partial charge in [-0.1, -0.05) is 29.4 Å². The molecule has 22 heavy (non-hydrogen) atoms. The summed E-state index contributed by atoms with van der Waals surface area (Å²) < 4.78 is 1.80. The normalized spacial score (nSPS) is 15.6. The minimum Gasteiger partial charge on any atom is -0.325 e. The maximum atomic E-state index is 12.3. The van der Waals surface area contributed by atoms with Crippen molar-refractivity contribution in [3.05, 3.63) is 28.8 Å². The van der Waals surface area contributed by atoms with Gasteiger partial charge in [0.2, 0.25) is 11.1 Å². The van der Waals surface area contributed by atoms with Gasteiger partial charge in [0.15, 0.2) is 0 Å². The molecule has 0 bridgehead atoms. The van der Waals surface area contributed by atoms with E-state index >= 15 is 0 Å². The smallest absolute Gasteiger partial charge is 0.237 e. The molecule has 1 atom stereocenters. The summed E-state index contributed by atoms with van der Waals surface area (Å²) in [5, 5.41) is 15.6. The second kappa shape index (κ2) is 6.26. The van der Waals surface area contributed by atoms with Crippen LogP contribution in [0.5, 0.6) is 0 Å². The molecule has 8 heteroatoms. The molecule has 1 amide bonds. The summed E-state index contributed by atoms with van der Waals surface area (Å²) in [6, 6.07) is 5.82. The monoisotopic (exact) mass is 337 g/mol. The number of halogens is 1. The Kier molecular flexibility index (Phi) is 4.35. The number of rotatable bonds is 5. The van der Waals surface area contributed by atoms with Gasteiger partial charge in [0, 0.05) is 10.7 Å². The topological polar surface area (TPSA) is 72.7 Å². The number of benzene rings is 1. The molecule has 0 aliphatic heterocycles. The van der Waals surface area contributed by atoms with Crippen molar-refractivity contribution in [3.63, 3.8) is 0 Å². The molecule has 1 saturated carbocycles. The third-order valence-corrected chi connectivity index (χ3v) is 4.75. The lowest BCUT2D eigenvalue weighted by molar-refractivity contribution is -0.115. The fraction of sp³-hybridized carbons (Fsp3) is 0.429. The Morgan fingerprint density at radius 1 is 1.50 bits per heavy atom. The molecular weight excluding hydrogens is 322 g/mol. The molecule has 1 unspecified atom stereocenters. The van der Waals surface area contributed by atoms with Crippen molar-refractivity contribution in [2.75, 3.05) is 5.32 Å². The standard InChI is InChI=1S/C14H16ClN5OS/c1-8-3-4-10(15)7-12(8)16-13(21)9(2)22-14-17-18-19-20(14)11-5-6-11/h3-4,7,9,11H,5-6H2,1-2H3,(H,16,21). The van der Waals surface area contributed by atoms with Crippen LogP contribution >= 0.6 is 23.4 Å². The van der Waals surface area contributed by atoms with Crippen LogP contribution in [0.1, 0.15) is 31.4 Å². The van der Waals surface area contributed by atoms with E-state index < -0.39 is 0 Å². The van der Waals surface area contributed by atoms with E-state index in [0.717, 1.165) is 24.1 Å². The predicted molar refractivity (Wildman–Crippen MR) is 86.2 cm³/mol. The number of hydrogen-bond acceptors (Lipinski definition) is 5. The van der Waals surface area contributed by atoms with E-state index in [1.54, 1.807) is 16.8 Å². The highest BCUT2D eigenvalue weighted by Crippen LogP contribution is 2.37. The number of carbonyl (C=O) groups is 1. The van der Waals surface area contributed by atoms with Gasteiger partial charge in [-0.15, -0.1) is 5.10 Å². The number of tetrazole rings is 1. The first-order valence-corrected chi connectivity index (χ1v) is 8.32. The van der Waals surface area contributed by atoms with Crippen molar-refractivity contribution in [3.8, 4) is 0 Å². The number of hydrogen-bond donors (Lipinski definition) is 1. The average molecular weight is 338 g/mol. The zero-order chi connectivity index (χ0) is 15.7. The third kappa shape index (κ3) is 3.41. The predicted octanol–water partition coefficient (Wildman–Crippen LogP) is 3.09. The molecule has 6 nitrogen and oxygen atoms in total. The lowest BCUT2D eigenvalue weighted by Gasteiger charge is -2.13. The molecule has 1 N–H and O–H groups in total. The highest BCUT2D eigenvalue weighted by Gasteiger charge is 2.29. The number of nitrogens with zero attached hydrogens (tertiary/aromatic N) is 4. The van der Waals surface area contributed by atoms with Gasteiger partial charge in [0.05, 0.1) is 11.3 Å². The Hall–Kier alpha value is -1.60. The molecule has 116 valence electrons. The van der Waals surface area contributed by atoms with Crippen LogP contribution in [-0.4, -0.2) is 31.4 Å². The van der Waals surface area contributed by atoms with Crippen LogP contribution in [0.4, 0.5) is 5.69 Å². The Morgan fingerprint density at radius 3 is 3.00 bits per heavy atom. The van der Waals surface area contributed by atoms with E-state index in [1.807, 2.05) is 19.9 Å². The van der Waals surface area contributed by atoms with Crippen molar-refractivity contribution >= 4 is 35.0 Å². The van der Waals surface area contributed by atoms with E-state index in [1.165, 1.54) is 11.8 Å². The number of thioether (sulfide) groups is 1. The highest BCUT2D eigenvalue weighted by atomic mass is 35.5. The highest BCUT2D eigenvalue weighted by molar-refractivity contribution is 8.00. The molecule has 1 aliphatic carbocycles. The van der Waals surface area contributed by atoms with E-state index in [-0.39, 0.29) is 11.2 Å². The van der Waals surface area contributed by atoms with Crippen molar-refractivity contribution in [2.45, 2.75) is 43.1 Å². The Morgan fingerprint density at radius 2 is 2.27 bits per heavy atom. The summed E-state index contributed by atoms with van der Waals surface area (Å²) in [6.45, 7) is 3.77. The third-order valence-electron chi connectivity index (χ3n) is 3.46. The van der Waals surface area contributed by atoms with Crippen molar-refractivity contribution in [1.82, 2.24) is 20.2 Å². The largest absolute Gasteiger partial charge is 0.325 e. The van der Waals surface area contributed by atoms with Gasteiger partial charge in [-0.25, -0.2) is 4.68 Å². The second-order valence-corrected chi connectivity index (χ2v) is 7.09. The summed E-state index contributed by atoms with van der Waals surface area (Å²) in [4.78, 5) is 12.3. The van der Waals surface area contributed by atoms with Gasteiger partial charge in [-0.3, -0.25) is 4.79 Å². The van der Waals surface area contributed by atoms with Gasteiger partial charge in [-0.05, 0) is 54.8 Å². The van der Waals surface area contributed by atoms with E-state index in [0.29, 0.717) is 16.2 Å². The number of aryl methyl sites for hydroxylation is 1. The van der Waals surface area contributed by atoms with E-state index in [4.69, 9.17) is 11.6 Å². The first-order chi connectivity index (χ1) is 10.5. The minimum atomic E-state index is -0.304. The van der Waals surface area contributed by atoms with Crippen LogP contribution in [0.25, 0.3) is 0 Å². The average Bonchev–Trinajstić information content (AvgIpc) is 3.23. The van der Waals surface area contributed by atoms with Crippen LogP contribution in [0, 0.1) is 6.92 Å². The molecule has 1 fully saturated rings. The number of nitrogens with one attached hydrogen (secondary N) is 1. The zero-order valence-electron chi connectivity index (χ0n) is 12.3. The molecule has 0 saturated heterocycles. The van der Waals surface area contributed by atoms with Crippen LogP contribution in [0.2, 0.25) is 5.02 Å². The van der Waals surface area contributed by atoms with Crippen molar-refractivity contribution in [2.24, 2.45) is 0 Å². The molecule has 1 aromatic carbocycles. The Labute approximate surface area is 137 Å². The molecule has 2 aromatic rings. The Bertz CT molecular complexity index is 700. The number of carbonyl (C=O) groups excluding carboxylic acids is 1. The van der Waals surface area contributed by atoms with Gasteiger partial charge >= 0.3 is 0 Å². The van der Waals surface area contributed by atoms with Gasteiger partial charge in [0.25, 0.3) is 0 Å². The summed E-state index contributed by atoms with van der Waals surface area (Å²) >= 11 is 7.34. The summed E-state index contributed by atoms with van der Waals surface area (Å²) in [6.07, 6.45) is 2.20. The maximum absolute atomic E-state index is 12.3. The van der Waals surface area contributed by atoms with Crippen LogP contribution in [-0.2, 0) is 4.79 Å². The molecular formula is C14H16ClN5OS. The molecule has 0 radical (unpaired) electrons. The first-order valence-electron chi connectivity index (χ1n) is 7.06. The Balaban J connectivity index is 1.66. The van der Waals surface area contributed by atoms with E-state index in [2.05, 4.69) is 20.8 Å². The van der Waals surface area contributed by atoms with Gasteiger partial charge < -0.3 is 5.32 Å². The second-order valence-electron chi connectivity index (χ2n) is 5.35. The van der Waals surface area contributed by atoms with Crippen LogP contribution in [0.3, 0.4) is 0 Å². The molecule has 0 spiro atoms. The molecule has 1 aromatic heterocycles. The van der Waals surface area contributed by atoms with Crippen molar-refractivity contribution in [1.29, 1.82) is 0 Å². The SMILES string of the molecule is Cc1ccc(Cl)cc1NC(=O)C(C)Sc1nnnn1C1CC1. The fourth-order valence-corrected chi connectivity index (χ4v) is 3.02. The van der Waals surface area contributed by atoms with Gasteiger partial charge in [0.1, 0.15) is 0 Å². The molecule has 1 aliphatic rings. The van der Waals surface area contributed by atoms with Gasteiger partial charge in [-0.2, -0.15) is 0 Å². The number of aromatic nitrogens is 4. The molecule has 1 heterocycles. The van der Waals surface area contributed by atoms with Crippen LogP contribution < -0.4 is 5.32 Å². The first kappa shape index (κ1) is 15.3. The number of amides is 1. The summed E-state index contributed by atoms with van der Waals surface area (Å²) in [5.74, 6) is -0.0966. The zero-order valence-corrected chi connectivity index (χ0v) is 13.9. The van der Waals surface area contributed by atoms with E-state index in [9.17, 15) is 4.79 Å². The van der Waals surface area contributed by atoms with Crippen molar-refractivity contribution < 1.29 is 4.79 Å². The lowest BCUT2D eigenvalue weighted by Crippen LogP contribution is -2.23. The van der Waals surface area contributed by atoms with Crippen LogP contribution in [0.15, 0.2) is 23.4 Å².